The summed E-state index contributed by atoms with van der Waals surface area (Å²) >= 11 is 0. The molecule has 0 unspecified atom stereocenters. The van der Waals surface area contributed by atoms with Gasteiger partial charge in [-0.25, -0.2) is 0 Å². The Bertz CT molecular complexity index is 273. The fraction of sp³-hybridized carbons (Fsp3) is 0.818. The van der Waals surface area contributed by atoms with Gasteiger partial charge < -0.3 is 21.2 Å². The van der Waals surface area contributed by atoms with Crippen molar-refractivity contribution in [2.75, 3.05) is 26.7 Å². The van der Waals surface area contributed by atoms with Gasteiger partial charge in [-0.15, -0.1) is 0 Å². The standard InChI is InChI=1S/C11H22N4O2/c1-15-6-3-9(4-7-15)2-5-13-11(16)8-10(12)14-17/h9,17H,2-8H2,1H3,(H2,12,14)(H,13,16). The van der Waals surface area contributed by atoms with Crippen LogP contribution in [0.2, 0.25) is 0 Å². The number of piperidine rings is 1. The second kappa shape index (κ2) is 7.11. The van der Waals surface area contributed by atoms with Crippen molar-refractivity contribution < 1.29 is 10.0 Å². The van der Waals surface area contributed by atoms with Crippen molar-refractivity contribution in [3.05, 3.63) is 0 Å². The predicted octanol–water partition coefficient (Wildman–Crippen LogP) is -0.0290. The summed E-state index contributed by atoms with van der Waals surface area (Å²) in [5, 5.41) is 13.9. The fourth-order valence-electron chi connectivity index (χ4n) is 2.03. The molecule has 1 rings (SSSR count). The maximum absolute atomic E-state index is 11.3. The van der Waals surface area contributed by atoms with Gasteiger partial charge in [0.2, 0.25) is 5.91 Å². The highest BCUT2D eigenvalue weighted by Gasteiger charge is 2.16. The first-order chi connectivity index (χ1) is 8.11. The van der Waals surface area contributed by atoms with Crippen molar-refractivity contribution in [2.45, 2.75) is 25.7 Å². The molecule has 0 aromatic carbocycles. The first kappa shape index (κ1) is 13.8. The second-order valence-corrected chi connectivity index (χ2v) is 4.65. The third kappa shape index (κ3) is 5.53. The number of hydrogen-bond donors (Lipinski definition) is 3. The van der Waals surface area contributed by atoms with Crippen LogP contribution in [0.3, 0.4) is 0 Å². The van der Waals surface area contributed by atoms with E-state index < -0.39 is 0 Å². The van der Waals surface area contributed by atoms with Gasteiger partial charge in [-0.2, -0.15) is 0 Å². The average Bonchev–Trinajstić information content (AvgIpc) is 2.31. The fourth-order valence-corrected chi connectivity index (χ4v) is 2.03. The summed E-state index contributed by atoms with van der Waals surface area (Å²) in [4.78, 5) is 13.6. The predicted molar refractivity (Wildman–Crippen MR) is 65.9 cm³/mol. The lowest BCUT2D eigenvalue weighted by atomic mass is 9.94. The SMILES string of the molecule is CN1CCC(CCNC(=O)CC(N)=NO)CC1. The number of amides is 1. The van der Waals surface area contributed by atoms with Gasteiger partial charge in [-0.05, 0) is 45.3 Å². The molecule has 0 aromatic heterocycles. The molecular weight excluding hydrogens is 220 g/mol. The molecule has 0 spiro atoms. The van der Waals surface area contributed by atoms with E-state index in [4.69, 9.17) is 10.9 Å². The van der Waals surface area contributed by atoms with Gasteiger partial charge in [-0.3, -0.25) is 4.79 Å². The van der Waals surface area contributed by atoms with Crippen molar-refractivity contribution >= 4 is 11.7 Å². The Morgan fingerprint density at radius 1 is 1.53 bits per heavy atom. The number of carbonyl (C=O) groups is 1. The molecule has 1 saturated heterocycles. The summed E-state index contributed by atoms with van der Waals surface area (Å²) in [6.07, 6.45) is 3.37. The van der Waals surface area contributed by atoms with E-state index in [2.05, 4.69) is 22.4 Å². The zero-order chi connectivity index (χ0) is 12.7. The minimum absolute atomic E-state index is 0.0378. The summed E-state index contributed by atoms with van der Waals surface area (Å²) in [5.41, 5.74) is 5.24. The molecule has 17 heavy (non-hydrogen) atoms. The highest BCUT2D eigenvalue weighted by Crippen LogP contribution is 2.18. The van der Waals surface area contributed by atoms with Crippen LogP contribution in [0.4, 0.5) is 0 Å². The molecule has 0 bridgehead atoms. The molecule has 1 fully saturated rings. The Morgan fingerprint density at radius 2 is 2.18 bits per heavy atom. The normalized spacial score (nSPS) is 19.2. The topological polar surface area (TPSA) is 91.0 Å². The smallest absolute Gasteiger partial charge is 0.227 e. The number of amidine groups is 1. The third-order valence-electron chi connectivity index (χ3n) is 3.18. The number of nitrogens with zero attached hydrogens (tertiary/aromatic N) is 2. The quantitative estimate of drug-likeness (QED) is 0.273. The summed E-state index contributed by atoms with van der Waals surface area (Å²) < 4.78 is 0. The minimum Gasteiger partial charge on any atom is -0.409 e. The Balaban J connectivity index is 2.09. The average molecular weight is 242 g/mol. The number of carbonyl (C=O) groups excluding carboxylic acids is 1. The molecule has 1 amide bonds. The first-order valence-corrected chi connectivity index (χ1v) is 6.03. The third-order valence-corrected chi connectivity index (χ3v) is 3.18. The Hall–Kier alpha value is -1.30. The van der Waals surface area contributed by atoms with E-state index in [-0.39, 0.29) is 18.2 Å². The van der Waals surface area contributed by atoms with Crippen molar-refractivity contribution in [1.29, 1.82) is 0 Å². The number of nitrogens with one attached hydrogen (secondary N) is 1. The highest BCUT2D eigenvalue weighted by atomic mass is 16.4. The van der Waals surface area contributed by atoms with Gasteiger partial charge in [-0.1, -0.05) is 5.16 Å². The number of hydrogen-bond acceptors (Lipinski definition) is 4. The van der Waals surface area contributed by atoms with Gasteiger partial charge in [0.15, 0.2) is 0 Å². The van der Waals surface area contributed by atoms with E-state index in [1.165, 1.54) is 12.8 Å². The van der Waals surface area contributed by atoms with Crippen LogP contribution in [-0.2, 0) is 4.79 Å². The monoisotopic (exact) mass is 242 g/mol. The molecule has 1 heterocycles. The van der Waals surface area contributed by atoms with E-state index in [1.807, 2.05) is 0 Å². The van der Waals surface area contributed by atoms with Crippen molar-refractivity contribution in [1.82, 2.24) is 10.2 Å². The summed E-state index contributed by atoms with van der Waals surface area (Å²) in [7, 11) is 2.13. The van der Waals surface area contributed by atoms with Gasteiger partial charge >= 0.3 is 0 Å². The molecule has 1 aliphatic rings. The molecule has 0 saturated carbocycles. The van der Waals surface area contributed by atoms with Gasteiger partial charge in [0.05, 0.1) is 6.42 Å². The summed E-state index contributed by atoms with van der Waals surface area (Å²) in [6, 6.07) is 0. The minimum atomic E-state index is -0.187. The lowest BCUT2D eigenvalue weighted by molar-refractivity contribution is -0.120. The van der Waals surface area contributed by atoms with Crippen LogP contribution in [0.5, 0.6) is 0 Å². The van der Waals surface area contributed by atoms with Crippen LogP contribution in [0.15, 0.2) is 5.16 Å². The Morgan fingerprint density at radius 3 is 2.76 bits per heavy atom. The summed E-state index contributed by atoms with van der Waals surface area (Å²) in [5.74, 6) is 0.463. The number of rotatable bonds is 5. The lowest BCUT2D eigenvalue weighted by Gasteiger charge is -2.28. The molecule has 1 aliphatic heterocycles. The van der Waals surface area contributed by atoms with E-state index in [1.54, 1.807) is 0 Å². The van der Waals surface area contributed by atoms with Crippen LogP contribution in [-0.4, -0.2) is 48.5 Å². The number of nitrogens with two attached hydrogens (primary N) is 1. The zero-order valence-electron chi connectivity index (χ0n) is 10.4. The largest absolute Gasteiger partial charge is 0.409 e. The van der Waals surface area contributed by atoms with Gasteiger partial charge in [0.1, 0.15) is 5.84 Å². The molecular formula is C11H22N4O2. The molecule has 6 nitrogen and oxygen atoms in total. The molecule has 0 aromatic rings. The molecule has 6 heteroatoms. The van der Waals surface area contributed by atoms with E-state index in [0.29, 0.717) is 12.5 Å². The van der Waals surface area contributed by atoms with Gasteiger partial charge in [0, 0.05) is 6.54 Å². The van der Waals surface area contributed by atoms with Crippen LogP contribution in [0, 0.1) is 5.92 Å². The molecule has 4 N–H and O–H groups in total. The lowest BCUT2D eigenvalue weighted by Crippen LogP contribution is -2.33. The molecule has 0 atom stereocenters. The van der Waals surface area contributed by atoms with Crippen LogP contribution in [0.1, 0.15) is 25.7 Å². The van der Waals surface area contributed by atoms with Crippen LogP contribution >= 0.6 is 0 Å². The van der Waals surface area contributed by atoms with Crippen molar-refractivity contribution in [2.24, 2.45) is 16.8 Å². The Labute approximate surface area is 102 Å². The molecule has 98 valence electrons. The second-order valence-electron chi connectivity index (χ2n) is 4.65. The maximum Gasteiger partial charge on any atom is 0.227 e. The van der Waals surface area contributed by atoms with Gasteiger partial charge in [0.25, 0.3) is 0 Å². The molecule has 0 radical (unpaired) electrons. The maximum atomic E-state index is 11.3. The van der Waals surface area contributed by atoms with E-state index in [0.717, 1.165) is 19.5 Å². The number of oxime groups is 1. The van der Waals surface area contributed by atoms with Crippen LogP contribution < -0.4 is 11.1 Å². The van der Waals surface area contributed by atoms with Crippen molar-refractivity contribution in [3.63, 3.8) is 0 Å². The van der Waals surface area contributed by atoms with E-state index >= 15 is 0 Å². The van der Waals surface area contributed by atoms with Crippen molar-refractivity contribution in [3.8, 4) is 0 Å². The summed E-state index contributed by atoms with van der Waals surface area (Å²) in [6.45, 7) is 2.96. The highest BCUT2D eigenvalue weighted by molar-refractivity contribution is 5.98. The van der Waals surface area contributed by atoms with Crippen LogP contribution in [0.25, 0.3) is 0 Å². The first-order valence-electron chi connectivity index (χ1n) is 6.03. The van der Waals surface area contributed by atoms with E-state index in [9.17, 15) is 4.79 Å². The zero-order valence-corrected chi connectivity index (χ0v) is 10.4. The Kier molecular flexibility index (Phi) is 5.76. The number of likely N-dealkylation sites (tertiary alicyclic amines) is 1. The molecule has 0 aliphatic carbocycles.